The highest BCUT2D eigenvalue weighted by Crippen LogP contribution is 2.27. The van der Waals surface area contributed by atoms with Gasteiger partial charge >= 0.3 is 0 Å². The van der Waals surface area contributed by atoms with E-state index in [1.165, 1.54) is 36.0 Å². The van der Waals surface area contributed by atoms with Crippen molar-refractivity contribution in [3.63, 3.8) is 0 Å². The van der Waals surface area contributed by atoms with Crippen LogP contribution >= 0.6 is 11.8 Å². The van der Waals surface area contributed by atoms with Gasteiger partial charge in [-0.25, -0.2) is 4.39 Å². The maximum Gasteiger partial charge on any atom is 0.231 e. The molecule has 4 nitrogen and oxygen atoms in total. The van der Waals surface area contributed by atoms with Crippen LogP contribution in [0.15, 0.2) is 76.7 Å². The molecule has 1 amide bonds. The Labute approximate surface area is 142 Å². The van der Waals surface area contributed by atoms with E-state index in [9.17, 15) is 9.18 Å². The minimum atomic E-state index is -0.756. The molecule has 24 heavy (non-hydrogen) atoms. The van der Waals surface area contributed by atoms with Gasteiger partial charge in [0.25, 0.3) is 0 Å². The predicted octanol–water partition coefficient (Wildman–Crippen LogP) is 3.38. The van der Waals surface area contributed by atoms with E-state index in [4.69, 9.17) is 5.73 Å². The first-order valence-electron chi connectivity index (χ1n) is 7.25. The van der Waals surface area contributed by atoms with Crippen molar-refractivity contribution in [2.24, 2.45) is 5.73 Å². The molecule has 2 N–H and O–H groups in total. The lowest BCUT2D eigenvalue weighted by molar-refractivity contribution is -0.118. The summed E-state index contributed by atoms with van der Waals surface area (Å²) in [6.07, 6.45) is 0. The molecular weight excluding hydrogens is 325 g/mol. The molecular formula is C18H14FN3OS. The Kier molecular flexibility index (Phi) is 4.86. The van der Waals surface area contributed by atoms with E-state index in [1.807, 2.05) is 30.3 Å². The van der Waals surface area contributed by atoms with Crippen LogP contribution in [0, 0.1) is 5.82 Å². The summed E-state index contributed by atoms with van der Waals surface area (Å²) in [6, 6.07) is 18.9. The van der Waals surface area contributed by atoms with E-state index >= 15 is 0 Å². The zero-order valence-corrected chi connectivity index (χ0v) is 13.4. The predicted molar refractivity (Wildman–Crippen MR) is 90.0 cm³/mol. The standard InChI is InChI=1S/C18H14FN3OS/c19-13-8-6-12(7-9-13)17(18(20)23)15-10-11-16(22-21-15)24-14-4-2-1-3-5-14/h1-11,17H,(H2,20,23). The summed E-state index contributed by atoms with van der Waals surface area (Å²) < 4.78 is 13.1. The van der Waals surface area contributed by atoms with Crippen molar-refractivity contribution in [3.8, 4) is 0 Å². The highest BCUT2D eigenvalue weighted by Gasteiger charge is 2.22. The molecule has 0 saturated carbocycles. The molecule has 0 aliphatic carbocycles. The number of halogens is 1. The molecule has 0 bridgehead atoms. The monoisotopic (exact) mass is 339 g/mol. The second kappa shape index (κ2) is 7.23. The minimum absolute atomic E-state index is 0.373. The number of rotatable bonds is 5. The zero-order chi connectivity index (χ0) is 16.9. The van der Waals surface area contributed by atoms with Crippen LogP contribution in [0.3, 0.4) is 0 Å². The summed E-state index contributed by atoms with van der Waals surface area (Å²) >= 11 is 1.47. The van der Waals surface area contributed by atoms with Crippen LogP contribution in [0.2, 0.25) is 0 Å². The van der Waals surface area contributed by atoms with Gasteiger partial charge in [-0.2, -0.15) is 5.10 Å². The molecule has 1 atom stereocenters. The summed E-state index contributed by atoms with van der Waals surface area (Å²) in [7, 11) is 0. The van der Waals surface area contributed by atoms with Crippen LogP contribution in [-0.4, -0.2) is 16.1 Å². The Morgan fingerprint density at radius 2 is 1.67 bits per heavy atom. The van der Waals surface area contributed by atoms with E-state index in [2.05, 4.69) is 10.2 Å². The summed E-state index contributed by atoms with van der Waals surface area (Å²) in [5.41, 5.74) is 6.52. The third kappa shape index (κ3) is 3.78. The number of benzene rings is 2. The Balaban J connectivity index is 1.84. The summed E-state index contributed by atoms with van der Waals surface area (Å²) in [6.45, 7) is 0. The van der Waals surface area contributed by atoms with Crippen LogP contribution in [-0.2, 0) is 4.79 Å². The lowest BCUT2D eigenvalue weighted by atomic mass is 9.95. The largest absolute Gasteiger partial charge is 0.369 e. The molecule has 6 heteroatoms. The maximum absolute atomic E-state index is 13.1. The molecule has 0 spiro atoms. The van der Waals surface area contributed by atoms with Gasteiger partial charge in [0.2, 0.25) is 5.91 Å². The zero-order valence-electron chi connectivity index (χ0n) is 12.6. The third-order valence-corrected chi connectivity index (χ3v) is 4.34. The molecule has 1 unspecified atom stereocenters. The Bertz CT molecular complexity index is 823. The number of amides is 1. The molecule has 1 aromatic heterocycles. The van der Waals surface area contributed by atoms with E-state index in [-0.39, 0.29) is 5.82 Å². The first-order chi connectivity index (χ1) is 11.6. The highest BCUT2D eigenvalue weighted by molar-refractivity contribution is 7.99. The topological polar surface area (TPSA) is 68.9 Å². The van der Waals surface area contributed by atoms with Crippen LogP contribution in [0.4, 0.5) is 4.39 Å². The highest BCUT2D eigenvalue weighted by atomic mass is 32.2. The van der Waals surface area contributed by atoms with Crippen molar-refractivity contribution in [2.75, 3.05) is 0 Å². The third-order valence-electron chi connectivity index (χ3n) is 3.41. The van der Waals surface area contributed by atoms with Gasteiger partial charge in [0, 0.05) is 4.90 Å². The summed E-state index contributed by atoms with van der Waals surface area (Å²) in [5, 5.41) is 9.00. The van der Waals surface area contributed by atoms with Crippen LogP contribution in [0.25, 0.3) is 0 Å². The SMILES string of the molecule is NC(=O)C(c1ccc(F)cc1)c1ccc(Sc2ccccc2)nn1. The quantitative estimate of drug-likeness (QED) is 0.774. The normalized spacial score (nSPS) is 11.9. The number of carbonyl (C=O) groups is 1. The molecule has 0 aliphatic heterocycles. The van der Waals surface area contributed by atoms with Crippen molar-refractivity contribution >= 4 is 17.7 Å². The van der Waals surface area contributed by atoms with E-state index in [1.54, 1.807) is 12.1 Å². The van der Waals surface area contributed by atoms with E-state index in [0.29, 0.717) is 16.3 Å². The Morgan fingerprint density at radius 3 is 2.25 bits per heavy atom. The second-order valence-corrected chi connectivity index (χ2v) is 6.19. The lowest BCUT2D eigenvalue weighted by Crippen LogP contribution is -2.23. The maximum atomic E-state index is 13.1. The summed E-state index contributed by atoms with van der Waals surface area (Å²) in [5.74, 6) is -1.68. The van der Waals surface area contributed by atoms with Gasteiger partial charge in [-0.15, -0.1) is 5.10 Å². The van der Waals surface area contributed by atoms with Gasteiger partial charge in [-0.05, 0) is 42.0 Å². The number of aromatic nitrogens is 2. The molecule has 0 saturated heterocycles. The van der Waals surface area contributed by atoms with Gasteiger partial charge in [-0.1, -0.05) is 42.1 Å². The second-order valence-electron chi connectivity index (χ2n) is 5.10. The fourth-order valence-corrected chi connectivity index (χ4v) is 3.04. The van der Waals surface area contributed by atoms with Crippen LogP contribution in [0.5, 0.6) is 0 Å². The molecule has 0 aliphatic rings. The number of primary amides is 1. The number of carbonyl (C=O) groups excluding carboxylic acids is 1. The molecule has 2 aromatic carbocycles. The number of nitrogens with zero attached hydrogens (tertiary/aromatic N) is 2. The van der Waals surface area contributed by atoms with Crippen LogP contribution < -0.4 is 5.73 Å². The van der Waals surface area contributed by atoms with Crippen molar-refractivity contribution in [3.05, 3.63) is 83.8 Å². The lowest BCUT2D eigenvalue weighted by Gasteiger charge is -2.13. The van der Waals surface area contributed by atoms with E-state index < -0.39 is 11.8 Å². The first kappa shape index (κ1) is 16.1. The van der Waals surface area contributed by atoms with Gasteiger partial charge < -0.3 is 5.73 Å². The molecule has 0 radical (unpaired) electrons. The Hall–Kier alpha value is -2.73. The number of nitrogens with two attached hydrogens (primary N) is 1. The first-order valence-corrected chi connectivity index (χ1v) is 8.06. The average molecular weight is 339 g/mol. The smallest absolute Gasteiger partial charge is 0.231 e. The number of hydrogen-bond donors (Lipinski definition) is 1. The van der Waals surface area contributed by atoms with E-state index in [0.717, 1.165) is 4.90 Å². The van der Waals surface area contributed by atoms with Gasteiger partial charge in [0.15, 0.2) is 0 Å². The summed E-state index contributed by atoms with van der Waals surface area (Å²) in [4.78, 5) is 12.9. The molecule has 1 heterocycles. The van der Waals surface area contributed by atoms with Crippen molar-refractivity contribution in [1.29, 1.82) is 0 Å². The fraction of sp³-hybridized carbons (Fsp3) is 0.0556. The van der Waals surface area contributed by atoms with Crippen LogP contribution in [0.1, 0.15) is 17.2 Å². The van der Waals surface area contributed by atoms with Crippen molar-refractivity contribution in [2.45, 2.75) is 15.8 Å². The van der Waals surface area contributed by atoms with Crippen molar-refractivity contribution in [1.82, 2.24) is 10.2 Å². The number of hydrogen-bond acceptors (Lipinski definition) is 4. The molecule has 3 rings (SSSR count). The molecule has 0 fully saturated rings. The van der Waals surface area contributed by atoms with Gasteiger partial charge in [0.05, 0.1) is 5.69 Å². The van der Waals surface area contributed by atoms with Crippen molar-refractivity contribution < 1.29 is 9.18 Å². The van der Waals surface area contributed by atoms with Gasteiger partial charge in [-0.3, -0.25) is 4.79 Å². The Morgan fingerprint density at radius 1 is 0.958 bits per heavy atom. The average Bonchev–Trinajstić information content (AvgIpc) is 2.59. The fourth-order valence-electron chi connectivity index (χ4n) is 2.28. The van der Waals surface area contributed by atoms with Gasteiger partial charge in [0.1, 0.15) is 16.8 Å². The minimum Gasteiger partial charge on any atom is -0.369 e. The molecule has 120 valence electrons. The molecule has 3 aromatic rings.